The van der Waals surface area contributed by atoms with Crippen LogP contribution >= 0.6 is 0 Å². The van der Waals surface area contributed by atoms with Crippen molar-refractivity contribution in [3.8, 4) is 0 Å². The molecule has 1 aromatic heterocycles. The minimum absolute atomic E-state index is 0.496. The highest BCUT2D eigenvalue weighted by molar-refractivity contribution is 5.81. The van der Waals surface area contributed by atoms with Crippen LogP contribution in [0.15, 0.2) is 36.5 Å². The van der Waals surface area contributed by atoms with Gasteiger partial charge in [-0.25, -0.2) is 0 Å². The van der Waals surface area contributed by atoms with Crippen molar-refractivity contribution < 1.29 is 0 Å². The van der Waals surface area contributed by atoms with Crippen molar-refractivity contribution in [2.75, 3.05) is 7.05 Å². The fourth-order valence-electron chi connectivity index (χ4n) is 1.77. The molecule has 1 heterocycles. The fraction of sp³-hybridized carbons (Fsp3) is 0.308. The minimum atomic E-state index is 0.496. The Morgan fingerprint density at radius 2 is 2.07 bits per heavy atom. The largest absolute Gasteiger partial charge is 0.317 e. The highest BCUT2D eigenvalue weighted by Gasteiger charge is 2.04. The van der Waals surface area contributed by atoms with Crippen molar-refractivity contribution in [2.24, 2.45) is 0 Å². The molecule has 2 aromatic rings. The molecule has 0 saturated heterocycles. The maximum atomic E-state index is 4.35. The van der Waals surface area contributed by atoms with E-state index in [1.807, 2.05) is 19.3 Å². The van der Waals surface area contributed by atoms with Gasteiger partial charge in [0.05, 0.1) is 5.52 Å². The van der Waals surface area contributed by atoms with Crippen LogP contribution < -0.4 is 5.32 Å². The molecule has 0 saturated carbocycles. The van der Waals surface area contributed by atoms with Crippen molar-refractivity contribution in [1.82, 2.24) is 10.3 Å². The lowest BCUT2D eigenvalue weighted by molar-refractivity contribution is 0.610. The van der Waals surface area contributed by atoms with Crippen LogP contribution in [0, 0.1) is 0 Å². The number of para-hydroxylation sites is 1. The first-order valence-electron chi connectivity index (χ1n) is 5.31. The number of hydrogen-bond acceptors (Lipinski definition) is 2. The normalized spacial score (nSPS) is 12.9. The molecule has 2 rings (SSSR count). The second kappa shape index (κ2) is 4.41. The zero-order valence-electron chi connectivity index (χ0n) is 9.20. The van der Waals surface area contributed by atoms with Gasteiger partial charge in [0.2, 0.25) is 0 Å². The van der Waals surface area contributed by atoms with Gasteiger partial charge in [-0.05, 0) is 38.1 Å². The summed E-state index contributed by atoms with van der Waals surface area (Å²) in [6.07, 6.45) is 2.93. The molecule has 2 nitrogen and oxygen atoms in total. The summed E-state index contributed by atoms with van der Waals surface area (Å²) in [5, 5.41) is 4.52. The van der Waals surface area contributed by atoms with Gasteiger partial charge in [-0.2, -0.15) is 0 Å². The maximum absolute atomic E-state index is 4.35. The zero-order chi connectivity index (χ0) is 10.7. The molecule has 1 N–H and O–H groups in total. The van der Waals surface area contributed by atoms with E-state index in [0.717, 1.165) is 11.9 Å². The predicted molar refractivity (Wildman–Crippen MR) is 64.0 cm³/mol. The van der Waals surface area contributed by atoms with Gasteiger partial charge in [-0.1, -0.05) is 18.2 Å². The Bertz CT molecular complexity index is 446. The van der Waals surface area contributed by atoms with Crippen LogP contribution in [0.1, 0.15) is 12.5 Å². The molecule has 0 fully saturated rings. The summed E-state index contributed by atoms with van der Waals surface area (Å²) < 4.78 is 0. The summed E-state index contributed by atoms with van der Waals surface area (Å²) >= 11 is 0. The van der Waals surface area contributed by atoms with E-state index >= 15 is 0 Å². The lowest BCUT2D eigenvalue weighted by Gasteiger charge is -2.11. The zero-order valence-corrected chi connectivity index (χ0v) is 9.20. The molecular formula is C13H16N2. The van der Waals surface area contributed by atoms with Crippen molar-refractivity contribution >= 4 is 10.9 Å². The van der Waals surface area contributed by atoms with E-state index in [1.165, 1.54) is 10.9 Å². The van der Waals surface area contributed by atoms with E-state index < -0.39 is 0 Å². The highest BCUT2D eigenvalue weighted by Crippen LogP contribution is 2.17. The molecule has 0 radical (unpaired) electrons. The predicted octanol–water partition coefficient (Wildman–Crippen LogP) is 2.39. The average molecular weight is 200 g/mol. The Labute approximate surface area is 90.3 Å². The summed E-state index contributed by atoms with van der Waals surface area (Å²) in [6.45, 7) is 2.19. The highest BCUT2D eigenvalue weighted by atomic mass is 14.8. The topological polar surface area (TPSA) is 24.9 Å². The van der Waals surface area contributed by atoms with Crippen LogP contribution in [-0.4, -0.2) is 18.1 Å². The number of likely N-dealkylation sites (N-methyl/N-ethyl adjacent to an activating group) is 1. The molecule has 0 spiro atoms. The molecule has 15 heavy (non-hydrogen) atoms. The van der Waals surface area contributed by atoms with Crippen LogP contribution in [0.4, 0.5) is 0 Å². The Hall–Kier alpha value is -1.41. The Balaban J connectivity index is 2.42. The first kappa shape index (κ1) is 10.1. The summed E-state index contributed by atoms with van der Waals surface area (Å²) in [7, 11) is 1.99. The molecule has 0 bridgehead atoms. The number of hydrogen-bond donors (Lipinski definition) is 1. The SMILES string of the molecule is CNC(C)Cc1ccnc2ccccc12. The molecule has 78 valence electrons. The quantitative estimate of drug-likeness (QED) is 0.823. The van der Waals surface area contributed by atoms with Gasteiger partial charge in [-0.15, -0.1) is 0 Å². The van der Waals surface area contributed by atoms with Crippen molar-refractivity contribution in [3.05, 3.63) is 42.1 Å². The monoisotopic (exact) mass is 200 g/mol. The van der Waals surface area contributed by atoms with Crippen molar-refractivity contribution in [2.45, 2.75) is 19.4 Å². The second-order valence-corrected chi connectivity index (χ2v) is 3.88. The third-order valence-electron chi connectivity index (χ3n) is 2.76. The average Bonchev–Trinajstić information content (AvgIpc) is 2.29. The van der Waals surface area contributed by atoms with Crippen LogP contribution in [0.2, 0.25) is 0 Å². The number of nitrogens with one attached hydrogen (secondary N) is 1. The molecule has 1 atom stereocenters. The van der Waals surface area contributed by atoms with E-state index in [4.69, 9.17) is 0 Å². The molecule has 0 aliphatic rings. The lowest BCUT2D eigenvalue weighted by atomic mass is 10.0. The number of fused-ring (bicyclic) bond motifs is 1. The molecule has 0 aliphatic heterocycles. The first-order valence-corrected chi connectivity index (χ1v) is 5.31. The molecule has 1 aromatic carbocycles. The van der Waals surface area contributed by atoms with Gasteiger partial charge in [0, 0.05) is 17.6 Å². The van der Waals surface area contributed by atoms with Crippen molar-refractivity contribution in [1.29, 1.82) is 0 Å². The Kier molecular flexibility index (Phi) is 2.97. The Morgan fingerprint density at radius 3 is 2.87 bits per heavy atom. The maximum Gasteiger partial charge on any atom is 0.0704 e. The molecule has 0 aliphatic carbocycles. The Morgan fingerprint density at radius 1 is 1.27 bits per heavy atom. The number of rotatable bonds is 3. The summed E-state index contributed by atoms with van der Waals surface area (Å²) in [5.74, 6) is 0. The number of benzene rings is 1. The molecule has 1 unspecified atom stereocenters. The third-order valence-corrected chi connectivity index (χ3v) is 2.76. The summed E-state index contributed by atoms with van der Waals surface area (Å²) in [5.41, 5.74) is 2.45. The van der Waals surface area contributed by atoms with Crippen LogP contribution in [0.25, 0.3) is 10.9 Å². The smallest absolute Gasteiger partial charge is 0.0704 e. The first-order chi connectivity index (χ1) is 7.31. The van der Waals surface area contributed by atoms with Gasteiger partial charge >= 0.3 is 0 Å². The third kappa shape index (κ3) is 2.16. The number of pyridine rings is 1. The summed E-state index contributed by atoms with van der Waals surface area (Å²) in [6, 6.07) is 10.9. The number of nitrogens with zero attached hydrogens (tertiary/aromatic N) is 1. The van der Waals surface area contributed by atoms with Gasteiger partial charge in [-0.3, -0.25) is 4.98 Å². The van der Waals surface area contributed by atoms with Crippen LogP contribution in [-0.2, 0) is 6.42 Å². The fourth-order valence-corrected chi connectivity index (χ4v) is 1.77. The van der Waals surface area contributed by atoms with Gasteiger partial charge in [0.25, 0.3) is 0 Å². The van der Waals surface area contributed by atoms with Crippen LogP contribution in [0.5, 0.6) is 0 Å². The molecular weight excluding hydrogens is 184 g/mol. The van der Waals surface area contributed by atoms with E-state index in [2.05, 4.69) is 41.5 Å². The van der Waals surface area contributed by atoms with E-state index in [-0.39, 0.29) is 0 Å². The van der Waals surface area contributed by atoms with Gasteiger partial charge in [0.1, 0.15) is 0 Å². The molecule has 0 amide bonds. The van der Waals surface area contributed by atoms with Crippen molar-refractivity contribution in [3.63, 3.8) is 0 Å². The van der Waals surface area contributed by atoms with E-state index in [9.17, 15) is 0 Å². The lowest BCUT2D eigenvalue weighted by Crippen LogP contribution is -2.23. The van der Waals surface area contributed by atoms with Gasteiger partial charge in [0.15, 0.2) is 0 Å². The number of aromatic nitrogens is 1. The minimum Gasteiger partial charge on any atom is -0.317 e. The second-order valence-electron chi connectivity index (χ2n) is 3.88. The van der Waals surface area contributed by atoms with E-state index in [1.54, 1.807) is 0 Å². The van der Waals surface area contributed by atoms with Crippen LogP contribution in [0.3, 0.4) is 0 Å². The van der Waals surface area contributed by atoms with E-state index in [0.29, 0.717) is 6.04 Å². The standard InChI is InChI=1S/C13H16N2/c1-10(14-2)9-11-7-8-15-13-6-4-3-5-12(11)13/h3-8,10,14H,9H2,1-2H3. The van der Waals surface area contributed by atoms with Gasteiger partial charge < -0.3 is 5.32 Å². The molecule has 2 heteroatoms. The summed E-state index contributed by atoms with van der Waals surface area (Å²) in [4.78, 5) is 4.35.